The highest BCUT2D eigenvalue weighted by molar-refractivity contribution is 7.98. The number of methoxy groups -OCH3 is 1. The zero-order chi connectivity index (χ0) is 22.0. The number of sulfonamides is 1. The van der Waals surface area contributed by atoms with Crippen molar-refractivity contribution < 1.29 is 22.3 Å². The molecule has 0 bridgehead atoms. The molecule has 1 aliphatic heterocycles. The standard InChI is InChI=1S/C21H24FN3O4S2/c1-3-25-19-6-5-17(31(26,27)24-8-10-29-11-9-24)13-18(19)23-21(25)30-14-15-12-16(22)4-7-20(15)28-2/h4-7,12-13H,3,8-11,14H2,1-2H3. The highest BCUT2D eigenvalue weighted by Crippen LogP contribution is 2.31. The van der Waals surface area contributed by atoms with Gasteiger partial charge in [0.25, 0.3) is 0 Å². The summed E-state index contributed by atoms with van der Waals surface area (Å²) in [4.78, 5) is 4.91. The minimum absolute atomic E-state index is 0.228. The molecule has 0 saturated carbocycles. The molecule has 10 heteroatoms. The first-order chi connectivity index (χ1) is 14.9. The molecule has 0 unspecified atom stereocenters. The summed E-state index contributed by atoms with van der Waals surface area (Å²) in [6, 6.07) is 9.48. The Morgan fingerprint density at radius 1 is 1.19 bits per heavy atom. The van der Waals surface area contributed by atoms with Crippen molar-refractivity contribution in [2.75, 3.05) is 33.4 Å². The van der Waals surface area contributed by atoms with Crippen molar-refractivity contribution in [2.24, 2.45) is 0 Å². The number of morpholine rings is 1. The van der Waals surface area contributed by atoms with Gasteiger partial charge in [-0.05, 0) is 43.3 Å². The molecule has 2 heterocycles. The van der Waals surface area contributed by atoms with Gasteiger partial charge < -0.3 is 14.0 Å². The molecule has 0 atom stereocenters. The fourth-order valence-electron chi connectivity index (χ4n) is 3.60. The number of imidazole rings is 1. The molecule has 31 heavy (non-hydrogen) atoms. The summed E-state index contributed by atoms with van der Waals surface area (Å²) >= 11 is 1.46. The van der Waals surface area contributed by atoms with E-state index in [-0.39, 0.29) is 10.7 Å². The Hall–Kier alpha value is -2.14. The number of aromatic nitrogens is 2. The predicted octanol–water partition coefficient (Wildman–Crippen LogP) is 3.52. The minimum Gasteiger partial charge on any atom is -0.496 e. The average molecular weight is 466 g/mol. The van der Waals surface area contributed by atoms with Gasteiger partial charge in [-0.1, -0.05) is 11.8 Å². The van der Waals surface area contributed by atoms with E-state index in [0.717, 1.165) is 16.2 Å². The molecule has 0 spiro atoms. The number of rotatable bonds is 7. The number of hydrogen-bond donors (Lipinski definition) is 0. The smallest absolute Gasteiger partial charge is 0.243 e. The Kier molecular flexibility index (Phi) is 6.52. The van der Waals surface area contributed by atoms with E-state index >= 15 is 0 Å². The lowest BCUT2D eigenvalue weighted by atomic mass is 10.2. The zero-order valence-corrected chi connectivity index (χ0v) is 19.0. The van der Waals surface area contributed by atoms with Gasteiger partial charge in [-0.15, -0.1) is 0 Å². The van der Waals surface area contributed by atoms with Crippen LogP contribution in [0.4, 0.5) is 4.39 Å². The SMILES string of the molecule is CCn1c(SCc2cc(F)ccc2OC)nc2cc(S(=O)(=O)N3CCOCC3)ccc21. The van der Waals surface area contributed by atoms with Crippen LogP contribution < -0.4 is 4.74 Å². The number of aryl methyl sites for hydroxylation is 1. The molecule has 0 N–H and O–H groups in total. The molecule has 4 rings (SSSR count). The van der Waals surface area contributed by atoms with Gasteiger partial charge in [0, 0.05) is 31.0 Å². The summed E-state index contributed by atoms with van der Waals surface area (Å²) in [6.45, 7) is 4.17. The largest absolute Gasteiger partial charge is 0.496 e. The summed E-state index contributed by atoms with van der Waals surface area (Å²) in [5, 5.41) is 0.740. The van der Waals surface area contributed by atoms with E-state index in [1.54, 1.807) is 31.4 Å². The topological polar surface area (TPSA) is 73.7 Å². The fraction of sp³-hybridized carbons (Fsp3) is 0.381. The summed E-state index contributed by atoms with van der Waals surface area (Å²) in [5.74, 6) is 0.772. The van der Waals surface area contributed by atoms with Crippen molar-refractivity contribution in [1.82, 2.24) is 13.9 Å². The van der Waals surface area contributed by atoms with Gasteiger partial charge in [0.05, 0.1) is 36.3 Å². The third-order valence-electron chi connectivity index (χ3n) is 5.21. The maximum absolute atomic E-state index is 13.7. The van der Waals surface area contributed by atoms with Crippen LogP contribution in [0.3, 0.4) is 0 Å². The van der Waals surface area contributed by atoms with Crippen LogP contribution in [0.25, 0.3) is 11.0 Å². The number of nitrogens with zero attached hydrogens (tertiary/aromatic N) is 3. The van der Waals surface area contributed by atoms with Crippen molar-refractivity contribution in [3.05, 3.63) is 47.8 Å². The maximum atomic E-state index is 13.7. The molecule has 3 aromatic rings. The van der Waals surface area contributed by atoms with Crippen LogP contribution in [0.1, 0.15) is 12.5 Å². The first kappa shape index (κ1) is 22.1. The highest BCUT2D eigenvalue weighted by Gasteiger charge is 2.27. The zero-order valence-electron chi connectivity index (χ0n) is 17.4. The lowest BCUT2D eigenvalue weighted by Gasteiger charge is -2.26. The molecule has 7 nitrogen and oxygen atoms in total. The lowest BCUT2D eigenvalue weighted by Crippen LogP contribution is -2.40. The molecule has 0 radical (unpaired) electrons. The van der Waals surface area contributed by atoms with Crippen LogP contribution >= 0.6 is 11.8 Å². The Morgan fingerprint density at radius 3 is 2.68 bits per heavy atom. The van der Waals surface area contributed by atoms with E-state index in [1.165, 1.54) is 28.2 Å². The molecule has 0 aliphatic carbocycles. The van der Waals surface area contributed by atoms with E-state index in [0.29, 0.717) is 49.9 Å². The number of thioether (sulfide) groups is 1. The van der Waals surface area contributed by atoms with Crippen molar-refractivity contribution >= 4 is 32.8 Å². The Balaban J connectivity index is 1.64. The monoisotopic (exact) mass is 465 g/mol. The Labute approximate surface area is 185 Å². The second kappa shape index (κ2) is 9.15. The summed E-state index contributed by atoms with van der Waals surface area (Å²) in [5.41, 5.74) is 2.21. The van der Waals surface area contributed by atoms with Gasteiger partial charge in [0.15, 0.2) is 5.16 Å². The molecular formula is C21H24FN3O4S2. The third-order valence-corrected chi connectivity index (χ3v) is 8.13. The summed E-state index contributed by atoms with van der Waals surface area (Å²) in [6.07, 6.45) is 0. The normalized spacial score (nSPS) is 15.5. The second-order valence-electron chi connectivity index (χ2n) is 7.05. The molecule has 1 saturated heterocycles. The van der Waals surface area contributed by atoms with Gasteiger partial charge >= 0.3 is 0 Å². The van der Waals surface area contributed by atoms with Crippen LogP contribution in [0, 0.1) is 5.82 Å². The Bertz CT molecular complexity index is 1190. The maximum Gasteiger partial charge on any atom is 0.243 e. The molecule has 1 aliphatic rings. The minimum atomic E-state index is -3.59. The molecule has 0 amide bonds. The number of hydrogen-bond acceptors (Lipinski definition) is 6. The molecular weight excluding hydrogens is 441 g/mol. The Morgan fingerprint density at radius 2 is 1.97 bits per heavy atom. The summed E-state index contributed by atoms with van der Waals surface area (Å²) in [7, 11) is -2.04. The van der Waals surface area contributed by atoms with Gasteiger partial charge in [-0.25, -0.2) is 17.8 Å². The van der Waals surface area contributed by atoms with E-state index in [2.05, 4.69) is 4.98 Å². The first-order valence-electron chi connectivity index (χ1n) is 9.97. The second-order valence-corrected chi connectivity index (χ2v) is 9.93. The third kappa shape index (κ3) is 4.43. The van der Waals surface area contributed by atoms with E-state index in [1.807, 2.05) is 11.5 Å². The molecule has 2 aromatic carbocycles. The van der Waals surface area contributed by atoms with Crippen molar-refractivity contribution in [2.45, 2.75) is 29.3 Å². The van der Waals surface area contributed by atoms with Gasteiger partial charge in [-0.2, -0.15) is 4.31 Å². The quantitative estimate of drug-likeness (QED) is 0.497. The van der Waals surface area contributed by atoms with Gasteiger partial charge in [0.2, 0.25) is 10.0 Å². The molecule has 166 valence electrons. The van der Waals surface area contributed by atoms with Crippen LogP contribution in [0.5, 0.6) is 5.75 Å². The first-order valence-corrected chi connectivity index (χ1v) is 12.4. The van der Waals surface area contributed by atoms with E-state index in [4.69, 9.17) is 9.47 Å². The van der Waals surface area contributed by atoms with Crippen LogP contribution in [-0.4, -0.2) is 55.7 Å². The lowest BCUT2D eigenvalue weighted by molar-refractivity contribution is 0.0730. The number of halogens is 1. The van der Waals surface area contributed by atoms with Gasteiger partial charge in [0.1, 0.15) is 11.6 Å². The van der Waals surface area contributed by atoms with Crippen LogP contribution in [0.2, 0.25) is 0 Å². The molecule has 1 aromatic heterocycles. The van der Waals surface area contributed by atoms with Crippen molar-refractivity contribution in [3.63, 3.8) is 0 Å². The predicted molar refractivity (Wildman–Crippen MR) is 117 cm³/mol. The summed E-state index contributed by atoms with van der Waals surface area (Å²) < 4.78 is 53.7. The van der Waals surface area contributed by atoms with Crippen LogP contribution in [-0.2, 0) is 27.1 Å². The average Bonchev–Trinajstić information content (AvgIpc) is 3.15. The van der Waals surface area contributed by atoms with E-state index < -0.39 is 10.0 Å². The van der Waals surface area contributed by atoms with Crippen LogP contribution in [0.15, 0.2) is 46.5 Å². The van der Waals surface area contributed by atoms with Crippen molar-refractivity contribution in [1.29, 1.82) is 0 Å². The number of fused-ring (bicyclic) bond motifs is 1. The van der Waals surface area contributed by atoms with E-state index in [9.17, 15) is 12.8 Å². The van der Waals surface area contributed by atoms with Crippen molar-refractivity contribution in [3.8, 4) is 5.75 Å². The number of benzene rings is 2. The fourth-order valence-corrected chi connectivity index (χ4v) is 6.09. The molecule has 1 fully saturated rings. The number of ether oxygens (including phenoxy) is 2. The van der Waals surface area contributed by atoms with Gasteiger partial charge in [-0.3, -0.25) is 0 Å². The highest BCUT2D eigenvalue weighted by atomic mass is 32.2.